The van der Waals surface area contributed by atoms with Gasteiger partial charge in [0.1, 0.15) is 5.75 Å². The second kappa shape index (κ2) is 7.38. The van der Waals surface area contributed by atoms with Crippen molar-refractivity contribution < 1.29 is 9.90 Å². The summed E-state index contributed by atoms with van der Waals surface area (Å²) >= 11 is 1.81. The van der Waals surface area contributed by atoms with Gasteiger partial charge < -0.3 is 5.11 Å². The fraction of sp³-hybridized carbons (Fsp3) is 0.500. The molecule has 2 nitrogen and oxygen atoms in total. The van der Waals surface area contributed by atoms with E-state index in [9.17, 15) is 9.90 Å². The monoisotopic (exact) mass is 252 g/mol. The van der Waals surface area contributed by atoms with Crippen molar-refractivity contribution in [3.63, 3.8) is 0 Å². The topological polar surface area (TPSA) is 37.3 Å². The van der Waals surface area contributed by atoms with Gasteiger partial charge in [0.25, 0.3) is 0 Å². The summed E-state index contributed by atoms with van der Waals surface area (Å²) in [5, 5.41) is 9.69. The van der Waals surface area contributed by atoms with E-state index in [0.29, 0.717) is 5.56 Å². The van der Waals surface area contributed by atoms with Crippen molar-refractivity contribution in [3.8, 4) is 5.75 Å². The van der Waals surface area contributed by atoms with E-state index in [4.69, 9.17) is 0 Å². The number of rotatable bonds is 7. The summed E-state index contributed by atoms with van der Waals surface area (Å²) in [6.45, 7) is 3.73. The Morgan fingerprint density at radius 2 is 2.12 bits per heavy atom. The van der Waals surface area contributed by atoms with Crippen LogP contribution < -0.4 is 0 Å². The predicted octanol–water partition coefficient (Wildman–Crippen LogP) is 4.02. The highest BCUT2D eigenvalue weighted by atomic mass is 32.2. The Morgan fingerprint density at radius 1 is 1.35 bits per heavy atom. The van der Waals surface area contributed by atoms with E-state index in [1.54, 1.807) is 25.1 Å². The third-order valence-corrected chi connectivity index (χ3v) is 3.73. The molecule has 0 unspecified atom stereocenters. The third-order valence-electron chi connectivity index (χ3n) is 2.64. The van der Waals surface area contributed by atoms with E-state index in [0.717, 1.165) is 17.1 Å². The molecule has 1 aromatic rings. The van der Waals surface area contributed by atoms with Crippen molar-refractivity contribution in [3.05, 3.63) is 29.3 Å². The lowest BCUT2D eigenvalue weighted by molar-refractivity contribution is 0.101. The minimum absolute atomic E-state index is 0.0437. The molecule has 0 radical (unpaired) electrons. The second-order valence-corrected chi connectivity index (χ2v) is 5.26. The molecule has 0 amide bonds. The molecule has 1 rings (SSSR count). The number of carbonyl (C=O) groups excluding carboxylic acids is 1. The van der Waals surface area contributed by atoms with Crippen molar-refractivity contribution in [1.29, 1.82) is 0 Å². The number of thioether (sulfide) groups is 1. The molecular weight excluding hydrogens is 232 g/mol. The van der Waals surface area contributed by atoms with E-state index >= 15 is 0 Å². The normalized spacial score (nSPS) is 10.5. The van der Waals surface area contributed by atoms with Gasteiger partial charge >= 0.3 is 0 Å². The molecule has 0 spiro atoms. The van der Waals surface area contributed by atoms with Crippen molar-refractivity contribution in [2.45, 2.75) is 38.9 Å². The Labute approximate surface area is 107 Å². The smallest absolute Gasteiger partial charge is 0.159 e. The molecule has 0 saturated carbocycles. The van der Waals surface area contributed by atoms with E-state index in [1.165, 1.54) is 19.3 Å². The largest absolute Gasteiger partial charge is 0.508 e. The number of aromatic hydroxyl groups is 1. The molecule has 0 heterocycles. The van der Waals surface area contributed by atoms with Gasteiger partial charge in [-0.3, -0.25) is 4.79 Å². The lowest BCUT2D eigenvalue weighted by atomic mass is 10.1. The van der Waals surface area contributed by atoms with Gasteiger partial charge in [-0.1, -0.05) is 19.8 Å². The highest BCUT2D eigenvalue weighted by molar-refractivity contribution is 7.98. The van der Waals surface area contributed by atoms with Crippen LogP contribution in [0.1, 0.15) is 49.0 Å². The number of phenolic OH excluding ortho intramolecular Hbond substituents is 1. The molecule has 17 heavy (non-hydrogen) atoms. The van der Waals surface area contributed by atoms with Gasteiger partial charge in [-0.05, 0) is 37.3 Å². The number of carbonyl (C=O) groups is 1. The van der Waals surface area contributed by atoms with Crippen molar-refractivity contribution in [2.24, 2.45) is 0 Å². The molecule has 0 bridgehead atoms. The molecule has 0 aliphatic rings. The lowest BCUT2D eigenvalue weighted by Gasteiger charge is -2.06. The summed E-state index contributed by atoms with van der Waals surface area (Å²) in [6, 6.07) is 5.08. The molecular formula is C14H20O2S. The van der Waals surface area contributed by atoms with Gasteiger partial charge in [0.2, 0.25) is 0 Å². The Morgan fingerprint density at radius 3 is 2.76 bits per heavy atom. The molecule has 0 fully saturated rings. The fourth-order valence-electron chi connectivity index (χ4n) is 1.56. The van der Waals surface area contributed by atoms with Crippen LogP contribution in [0, 0.1) is 0 Å². The number of benzene rings is 1. The first-order valence-corrected chi connectivity index (χ1v) is 7.21. The molecule has 0 aliphatic carbocycles. The number of hydrogen-bond acceptors (Lipinski definition) is 3. The molecule has 3 heteroatoms. The number of phenols is 1. The van der Waals surface area contributed by atoms with Crippen molar-refractivity contribution in [1.82, 2.24) is 0 Å². The minimum Gasteiger partial charge on any atom is -0.508 e. The first kappa shape index (κ1) is 14.1. The first-order valence-electron chi connectivity index (χ1n) is 6.05. The van der Waals surface area contributed by atoms with Crippen molar-refractivity contribution >= 4 is 17.5 Å². The summed E-state index contributed by atoms with van der Waals surface area (Å²) in [5.41, 5.74) is 1.53. The Bertz CT molecular complexity index is 374. The highest BCUT2D eigenvalue weighted by Crippen LogP contribution is 2.24. The second-order valence-electron chi connectivity index (χ2n) is 4.16. The van der Waals surface area contributed by atoms with Crippen LogP contribution in [0.15, 0.2) is 18.2 Å². The number of unbranched alkanes of at least 4 members (excludes halogenated alkanes) is 2. The first-order chi connectivity index (χ1) is 8.15. The number of Topliss-reactive ketones (excluding diaryl/α,β-unsaturated/α-hetero) is 1. The molecule has 1 aromatic carbocycles. The van der Waals surface area contributed by atoms with Crippen LogP contribution >= 0.6 is 11.8 Å². The third kappa shape index (κ3) is 4.82. The van der Waals surface area contributed by atoms with Gasteiger partial charge in [-0.2, -0.15) is 11.8 Å². The summed E-state index contributed by atoms with van der Waals surface area (Å²) in [7, 11) is 0. The van der Waals surface area contributed by atoms with Crippen molar-refractivity contribution in [2.75, 3.05) is 5.75 Å². The van der Waals surface area contributed by atoms with E-state index in [-0.39, 0.29) is 11.5 Å². The molecule has 0 saturated heterocycles. The average molecular weight is 252 g/mol. The molecule has 94 valence electrons. The van der Waals surface area contributed by atoms with E-state index < -0.39 is 0 Å². The van der Waals surface area contributed by atoms with Crippen LogP contribution in [0.25, 0.3) is 0 Å². The number of hydrogen-bond donors (Lipinski definition) is 1. The van der Waals surface area contributed by atoms with Crippen LogP contribution in [0.4, 0.5) is 0 Å². The zero-order chi connectivity index (χ0) is 12.7. The predicted molar refractivity (Wildman–Crippen MR) is 73.8 cm³/mol. The maximum atomic E-state index is 11.2. The van der Waals surface area contributed by atoms with Crippen LogP contribution in [-0.2, 0) is 5.75 Å². The fourth-order valence-corrected chi connectivity index (χ4v) is 2.56. The molecule has 0 atom stereocenters. The standard InChI is InChI=1S/C14H20O2S/c1-3-4-5-8-17-10-13-9-12(11(2)15)6-7-14(13)16/h6-7,9,16H,3-5,8,10H2,1-2H3. The Balaban J connectivity index is 2.51. The summed E-state index contributed by atoms with van der Waals surface area (Å²) in [5.74, 6) is 2.22. The average Bonchev–Trinajstić information content (AvgIpc) is 2.30. The van der Waals surface area contributed by atoms with Gasteiger partial charge in [-0.15, -0.1) is 0 Å². The van der Waals surface area contributed by atoms with Crippen LogP contribution in [0.5, 0.6) is 5.75 Å². The quantitative estimate of drug-likeness (QED) is 0.588. The summed E-state index contributed by atoms with van der Waals surface area (Å²) in [4.78, 5) is 11.2. The summed E-state index contributed by atoms with van der Waals surface area (Å²) in [6.07, 6.45) is 3.70. The summed E-state index contributed by atoms with van der Waals surface area (Å²) < 4.78 is 0. The molecule has 0 aromatic heterocycles. The zero-order valence-corrected chi connectivity index (χ0v) is 11.3. The van der Waals surface area contributed by atoms with Gasteiger partial charge in [0.05, 0.1) is 0 Å². The zero-order valence-electron chi connectivity index (χ0n) is 10.5. The maximum Gasteiger partial charge on any atom is 0.159 e. The minimum atomic E-state index is 0.0437. The highest BCUT2D eigenvalue weighted by Gasteiger charge is 2.05. The lowest BCUT2D eigenvalue weighted by Crippen LogP contribution is -1.94. The SMILES string of the molecule is CCCCCSCc1cc(C(C)=O)ccc1O. The van der Waals surface area contributed by atoms with Gasteiger partial charge in [0.15, 0.2) is 5.78 Å². The Kier molecular flexibility index (Phi) is 6.12. The van der Waals surface area contributed by atoms with Gasteiger partial charge in [0, 0.05) is 16.9 Å². The van der Waals surface area contributed by atoms with Crippen LogP contribution in [-0.4, -0.2) is 16.6 Å². The van der Waals surface area contributed by atoms with Crippen LogP contribution in [0.3, 0.4) is 0 Å². The van der Waals surface area contributed by atoms with Gasteiger partial charge in [-0.25, -0.2) is 0 Å². The molecule has 0 aliphatic heterocycles. The number of ketones is 1. The van der Waals surface area contributed by atoms with Crippen LogP contribution in [0.2, 0.25) is 0 Å². The van der Waals surface area contributed by atoms with E-state index in [1.807, 2.05) is 11.8 Å². The van der Waals surface area contributed by atoms with E-state index in [2.05, 4.69) is 6.92 Å². The Hall–Kier alpha value is -0.960. The maximum absolute atomic E-state index is 11.2. The molecule has 1 N–H and O–H groups in total.